The van der Waals surface area contributed by atoms with E-state index in [2.05, 4.69) is 23.3 Å². The molecule has 2 aliphatic rings. The molecule has 0 spiro atoms. The first-order chi connectivity index (χ1) is 7.38. The van der Waals surface area contributed by atoms with Gasteiger partial charge in [0.05, 0.1) is 0 Å². The molecule has 0 radical (unpaired) electrons. The number of thioether (sulfide) groups is 1. The van der Waals surface area contributed by atoms with Crippen molar-refractivity contribution >= 4 is 11.8 Å². The predicted octanol–water partition coefficient (Wildman–Crippen LogP) is 3.44. The van der Waals surface area contributed by atoms with E-state index in [1.807, 2.05) is 0 Å². The lowest BCUT2D eigenvalue weighted by Gasteiger charge is -2.29. The van der Waals surface area contributed by atoms with Gasteiger partial charge in [0.15, 0.2) is 0 Å². The number of nitrogens with one attached hydrogen (secondary N) is 1. The van der Waals surface area contributed by atoms with Crippen molar-refractivity contribution < 1.29 is 0 Å². The van der Waals surface area contributed by atoms with Gasteiger partial charge in [-0.2, -0.15) is 11.8 Å². The summed E-state index contributed by atoms with van der Waals surface area (Å²) >= 11 is 2.07. The first-order valence-corrected chi connectivity index (χ1v) is 7.93. The Kier molecular flexibility index (Phi) is 4.83. The quantitative estimate of drug-likeness (QED) is 0.789. The third-order valence-corrected chi connectivity index (χ3v) is 5.22. The van der Waals surface area contributed by atoms with E-state index >= 15 is 0 Å². The molecule has 88 valence electrons. The maximum Gasteiger partial charge on any atom is 0.00777 e. The average molecular weight is 227 g/mol. The molecule has 0 aliphatic heterocycles. The second kappa shape index (κ2) is 6.15. The van der Waals surface area contributed by atoms with E-state index in [0.29, 0.717) is 0 Å². The molecular weight excluding hydrogens is 202 g/mol. The zero-order valence-corrected chi connectivity index (χ0v) is 10.8. The number of rotatable bonds is 4. The van der Waals surface area contributed by atoms with Crippen molar-refractivity contribution in [2.75, 3.05) is 12.8 Å². The first-order valence-electron chi connectivity index (χ1n) is 6.64. The summed E-state index contributed by atoms with van der Waals surface area (Å²) in [6.07, 6.45) is 13.9. The molecule has 2 saturated carbocycles. The molecule has 2 aliphatic carbocycles. The van der Waals surface area contributed by atoms with Crippen LogP contribution in [0.4, 0.5) is 0 Å². The van der Waals surface area contributed by atoms with Gasteiger partial charge in [0.1, 0.15) is 0 Å². The van der Waals surface area contributed by atoms with Crippen molar-refractivity contribution in [3.63, 3.8) is 0 Å². The minimum atomic E-state index is 0.830. The lowest BCUT2D eigenvalue weighted by atomic mass is 9.94. The minimum absolute atomic E-state index is 0.830. The summed E-state index contributed by atoms with van der Waals surface area (Å²) in [6.45, 7) is 1.30. The molecule has 2 fully saturated rings. The Balaban J connectivity index is 1.65. The predicted molar refractivity (Wildman–Crippen MR) is 69.5 cm³/mol. The van der Waals surface area contributed by atoms with Crippen molar-refractivity contribution in [2.24, 2.45) is 5.92 Å². The summed E-state index contributed by atoms with van der Waals surface area (Å²) in [4.78, 5) is 0. The van der Waals surface area contributed by atoms with Gasteiger partial charge in [-0.15, -0.1) is 0 Å². The van der Waals surface area contributed by atoms with E-state index < -0.39 is 0 Å². The van der Waals surface area contributed by atoms with E-state index in [9.17, 15) is 0 Å². The smallest absolute Gasteiger partial charge is 0.00777 e. The Labute approximate surface area is 98.8 Å². The molecule has 0 heterocycles. The Morgan fingerprint density at radius 1 is 1.07 bits per heavy atom. The Morgan fingerprint density at radius 2 is 1.87 bits per heavy atom. The summed E-state index contributed by atoms with van der Waals surface area (Å²) in [7, 11) is 0. The zero-order chi connectivity index (χ0) is 10.5. The fraction of sp³-hybridized carbons (Fsp3) is 1.00. The fourth-order valence-corrected chi connectivity index (χ4v) is 3.92. The second-order valence-corrected chi connectivity index (χ2v) is 6.42. The van der Waals surface area contributed by atoms with Crippen molar-refractivity contribution in [3.8, 4) is 0 Å². The molecule has 0 aromatic heterocycles. The van der Waals surface area contributed by atoms with Crippen LogP contribution in [0.15, 0.2) is 0 Å². The molecule has 1 N–H and O–H groups in total. The molecule has 0 aromatic rings. The van der Waals surface area contributed by atoms with Crippen LogP contribution in [0.1, 0.15) is 51.4 Å². The van der Waals surface area contributed by atoms with Gasteiger partial charge in [-0.3, -0.25) is 0 Å². The molecule has 0 bridgehead atoms. The average Bonchev–Trinajstić information content (AvgIpc) is 2.79. The van der Waals surface area contributed by atoms with Gasteiger partial charge in [-0.05, 0) is 50.8 Å². The normalized spacial score (nSPS) is 33.4. The molecule has 2 rings (SSSR count). The van der Waals surface area contributed by atoms with Gasteiger partial charge in [-0.25, -0.2) is 0 Å². The van der Waals surface area contributed by atoms with Crippen LogP contribution in [0.5, 0.6) is 0 Å². The SMILES string of the molecule is CSC1CCCC(NCC2CCCC2)C1. The van der Waals surface area contributed by atoms with Crippen LogP contribution in [0, 0.1) is 5.92 Å². The van der Waals surface area contributed by atoms with E-state index in [0.717, 1.165) is 17.2 Å². The molecular formula is C13H25NS. The summed E-state index contributed by atoms with van der Waals surface area (Å²) < 4.78 is 0. The van der Waals surface area contributed by atoms with E-state index in [-0.39, 0.29) is 0 Å². The summed E-state index contributed by atoms with van der Waals surface area (Å²) in [5.41, 5.74) is 0. The summed E-state index contributed by atoms with van der Waals surface area (Å²) in [5, 5.41) is 4.74. The van der Waals surface area contributed by atoms with Gasteiger partial charge in [0, 0.05) is 11.3 Å². The molecule has 2 unspecified atom stereocenters. The zero-order valence-electron chi connectivity index (χ0n) is 10.0. The minimum Gasteiger partial charge on any atom is -0.314 e. The van der Waals surface area contributed by atoms with Crippen LogP contribution in [-0.4, -0.2) is 24.1 Å². The molecule has 0 saturated heterocycles. The van der Waals surface area contributed by atoms with Crippen LogP contribution in [0.2, 0.25) is 0 Å². The summed E-state index contributed by atoms with van der Waals surface area (Å²) in [5.74, 6) is 1.000. The van der Waals surface area contributed by atoms with Gasteiger partial charge in [-0.1, -0.05) is 19.3 Å². The molecule has 1 nitrogen and oxygen atoms in total. The molecule has 2 atom stereocenters. The lowest BCUT2D eigenvalue weighted by Crippen LogP contribution is -2.37. The van der Waals surface area contributed by atoms with Gasteiger partial charge in [0.2, 0.25) is 0 Å². The monoisotopic (exact) mass is 227 g/mol. The van der Waals surface area contributed by atoms with E-state index in [1.165, 1.54) is 57.9 Å². The maximum absolute atomic E-state index is 3.81. The largest absolute Gasteiger partial charge is 0.314 e. The topological polar surface area (TPSA) is 12.0 Å². The highest BCUT2D eigenvalue weighted by Crippen LogP contribution is 2.28. The fourth-order valence-electron chi connectivity index (χ4n) is 3.09. The number of hydrogen-bond donors (Lipinski definition) is 1. The molecule has 15 heavy (non-hydrogen) atoms. The van der Waals surface area contributed by atoms with Crippen molar-refractivity contribution in [1.82, 2.24) is 5.32 Å². The maximum atomic E-state index is 3.81. The highest BCUT2D eigenvalue weighted by atomic mass is 32.2. The molecule has 0 amide bonds. The van der Waals surface area contributed by atoms with Crippen molar-refractivity contribution in [2.45, 2.75) is 62.7 Å². The van der Waals surface area contributed by atoms with Gasteiger partial charge < -0.3 is 5.32 Å². The van der Waals surface area contributed by atoms with Gasteiger partial charge in [0.25, 0.3) is 0 Å². The molecule has 2 heteroatoms. The van der Waals surface area contributed by atoms with E-state index in [4.69, 9.17) is 0 Å². The van der Waals surface area contributed by atoms with Gasteiger partial charge >= 0.3 is 0 Å². The lowest BCUT2D eigenvalue weighted by molar-refractivity contribution is 0.353. The highest BCUT2D eigenvalue weighted by molar-refractivity contribution is 7.99. The third kappa shape index (κ3) is 3.67. The van der Waals surface area contributed by atoms with Crippen LogP contribution in [0.25, 0.3) is 0 Å². The first kappa shape index (κ1) is 11.8. The van der Waals surface area contributed by atoms with Crippen LogP contribution < -0.4 is 5.32 Å². The summed E-state index contributed by atoms with van der Waals surface area (Å²) in [6, 6.07) is 0.830. The Bertz CT molecular complexity index is 177. The van der Waals surface area contributed by atoms with Crippen molar-refractivity contribution in [1.29, 1.82) is 0 Å². The number of hydrogen-bond acceptors (Lipinski definition) is 2. The molecule has 0 aromatic carbocycles. The van der Waals surface area contributed by atoms with E-state index in [1.54, 1.807) is 0 Å². The van der Waals surface area contributed by atoms with Crippen LogP contribution in [-0.2, 0) is 0 Å². The highest BCUT2D eigenvalue weighted by Gasteiger charge is 2.22. The van der Waals surface area contributed by atoms with Crippen molar-refractivity contribution in [3.05, 3.63) is 0 Å². The Hall–Kier alpha value is 0.310. The second-order valence-electron chi connectivity index (χ2n) is 5.28. The van der Waals surface area contributed by atoms with Crippen LogP contribution in [0.3, 0.4) is 0 Å². The van der Waals surface area contributed by atoms with Crippen LogP contribution >= 0.6 is 11.8 Å². The Morgan fingerprint density at radius 3 is 2.60 bits per heavy atom. The third-order valence-electron chi connectivity index (χ3n) is 4.13. The standard InChI is InChI=1S/C13H25NS/c1-15-13-8-4-7-12(9-13)14-10-11-5-2-3-6-11/h11-14H,2-10H2,1H3.